The lowest BCUT2D eigenvalue weighted by Gasteiger charge is -2.28. The van der Waals surface area contributed by atoms with Gasteiger partial charge in [0, 0.05) is 53.4 Å². The Hall–Kier alpha value is -2.15. The van der Waals surface area contributed by atoms with Crippen LogP contribution >= 0.6 is 23.2 Å². The summed E-state index contributed by atoms with van der Waals surface area (Å²) < 4.78 is 38.2. The maximum absolute atomic E-state index is 12.7. The smallest absolute Gasteiger partial charge is 0.294 e. The minimum atomic E-state index is -4.36. The van der Waals surface area contributed by atoms with Crippen LogP contribution in [0.3, 0.4) is 0 Å². The quantitative estimate of drug-likeness (QED) is 0.500. The molecule has 29 heavy (non-hydrogen) atoms. The maximum Gasteiger partial charge on any atom is 0.416 e. The fourth-order valence-corrected chi connectivity index (χ4v) is 3.82. The van der Waals surface area contributed by atoms with Gasteiger partial charge in [-0.2, -0.15) is 13.2 Å². The highest BCUT2D eigenvalue weighted by Gasteiger charge is 2.30. The van der Waals surface area contributed by atoms with Crippen LogP contribution in [0.2, 0.25) is 10.0 Å². The highest BCUT2D eigenvalue weighted by molar-refractivity contribution is 6.35. The molecule has 0 atom stereocenters. The van der Waals surface area contributed by atoms with Crippen molar-refractivity contribution in [1.29, 1.82) is 0 Å². The van der Waals surface area contributed by atoms with Gasteiger partial charge in [0.05, 0.1) is 11.3 Å². The number of rotatable bonds is 3. The maximum atomic E-state index is 12.7. The van der Waals surface area contributed by atoms with Gasteiger partial charge in [-0.05, 0) is 29.8 Å². The molecule has 1 aliphatic rings. The molecule has 2 aromatic carbocycles. The lowest BCUT2D eigenvalue weighted by molar-refractivity contribution is -0.137. The molecule has 3 aromatic rings. The molecule has 0 radical (unpaired) electrons. The fraction of sp³-hybridized carbons (Fsp3) is 0.238. The average Bonchev–Trinajstić information content (AvgIpc) is 2.69. The van der Waals surface area contributed by atoms with Crippen LogP contribution in [0.4, 0.5) is 13.2 Å². The Morgan fingerprint density at radius 1 is 1.03 bits per heavy atom. The standard InChI is InChI=1S/C21H16Cl2F3N3/c22-17-6-3-14(18(23)9-17)11-29-8-7-19-15(12-29)10-27-20(28-19)13-1-4-16(5-2-13)21(24,25)26/h1-6,9-10H,7-8,11-12H2. The van der Waals surface area contributed by atoms with Crippen molar-refractivity contribution < 1.29 is 13.2 Å². The van der Waals surface area contributed by atoms with Gasteiger partial charge in [0.2, 0.25) is 0 Å². The first kappa shape index (κ1) is 20.1. The van der Waals surface area contributed by atoms with E-state index in [-0.39, 0.29) is 0 Å². The van der Waals surface area contributed by atoms with Crippen LogP contribution < -0.4 is 0 Å². The molecule has 0 saturated carbocycles. The molecular weight excluding hydrogens is 422 g/mol. The molecule has 150 valence electrons. The number of aromatic nitrogens is 2. The summed E-state index contributed by atoms with van der Waals surface area (Å²) in [6.45, 7) is 2.17. The van der Waals surface area contributed by atoms with Crippen molar-refractivity contribution in [3.05, 3.63) is 81.1 Å². The Balaban J connectivity index is 1.50. The second-order valence-corrected chi connectivity index (χ2v) is 7.78. The Bertz CT molecular complexity index is 1040. The SMILES string of the molecule is FC(F)(F)c1ccc(-c2ncc3c(n2)CCN(Cc2ccc(Cl)cc2Cl)C3)cc1. The average molecular weight is 438 g/mol. The molecule has 0 amide bonds. The van der Waals surface area contributed by atoms with Crippen molar-refractivity contribution >= 4 is 23.2 Å². The van der Waals surface area contributed by atoms with E-state index in [4.69, 9.17) is 23.2 Å². The highest BCUT2D eigenvalue weighted by Crippen LogP contribution is 2.31. The molecule has 0 N–H and O–H groups in total. The number of alkyl halides is 3. The minimum Gasteiger partial charge on any atom is -0.294 e. The van der Waals surface area contributed by atoms with Crippen molar-refractivity contribution in [2.24, 2.45) is 0 Å². The second kappa shape index (κ2) is 7.94. The number of fused-ring (bicyclic) bond motifs is 1. The number of nitrogens with zero attached hydrogens (tertiary/aromatic N) is 3. The first-order valence-corrected chi connectivity index (χ1v) is 9.74. The Morgan fingerprint density at radius 2 is 1.79 bits per heavy atom. The molecule has 0 bridgehead atoms. The molecule has 0 saturated heterocycles. The van der Waals surface area contributed by atoms with Crippen LogP contribution in [0.15, 0.2) is 48.7 Å². The lowest BCUT2D eigenvalue weighted by atomic mass is 10.1. The van der Waals surface area contributed by atoms with Crippen molar-refractivity contribution in [3.63, 3.8) is 0 Å². The predicted molar refractivity (Wildman–Crippen MR) is 107 cm³/mol. The molecule has 0 spiro atoms. The van der Waals surface area contributed by atoms with Gasteiger partial charge in [-0.15, -0.1) is 0 Å². The van der Waals surface area contributed by atoms with E-state index in [0.717, 1.165) is 41.9 Å². The van der Waals surface area contributed by atoms with Crippen LogP contribution in [0.25, 0.3) is 11.4 Å². The summed E-state index contributed by atoms with van der Waals surface area (Å²) in [6.07, 6.45) is -1.87. The number of benzene rings is 2. The van der Waals surface area contributed by atoms with Crippen molar-refractivity contribution in [3.8, 4) is 11.4 Å². The predicted octanol–water partition coefficient (Wildman–Crippen LogP) is 6.03. The minimum absolute atomic E-state index is 0.437. The van der Waals surface area contributed by atoms with Gasteiger partial charge in [0.1, 0.15) is 0 Å². The zero-order chi connectivity index (χ0) is 20.6. The largest absolute Gasteiger partial charge is 0.416 e. The number of halogens is 5. The molecule has 1 aliphatic heterocycles. The summed E-state index contributed by atoms with van der Waals surface area (Å²) in [5.74, 6) is 0.437. The Morgan fingerprint density at radius 3 is 2.48 bits per heavy atom. The zero-order valence-electron chi connectivity index (χ0n) is 15.2. The third-order valence-corrected chi connectivity index (χ3v) is 5.48. The summed E-state index contributed by atoms with van der Waals surface area (Å²) >= 11 is 12.2. The van der Waals surface area contributed by atoms with Gasteiger partial charge in [0.25, 0.3) is 0 Å². The molecule has 0 fully saturated rings. The normalized spacial score (nSPS) is 14.7. The molecule has 8 heteroatoms. The van der Waals surface area contributed by atoms with E-state index in [0.29, 0.717) is 34.5 Å². The third-order valence-electron chi connectivity index (χ3n) is 4.89. The van der Waals surface area contributed by atoms with Crippen molar-refractivity contribution in [2.45, 2.75) is 25.7 Å². The summed E-state index contributed by atoms with van der Waals surface area (Å²) in [4.78, 5) is 11.2. The lowest BCUT2D eigenvalue weighted by Crippen LogP contribution is -2.31. The molecule has 3 nitrogen and oxygen atoms in total. The van der Waals surface area contributed by atoms with E-state index in [1.807, 2.05) is 12.1 Å². The first-order chi connectivity index (χ1) is 13.8. The van der Waals surface area contributed by atoms with Gasteiger partial charge < -0.3 is 0 Å². The van der Waals surface area contributed by atoms with Gasteiger partial charge >= 0.3 is 6.18 Å². The van der Waals surface area contributed by atoms with Crippen molar-refractivity contribution in [2.75, 3.05) is 6.54 Å². The Labute approximate surface area is 176 Å². The van der Waals surface area contributed by atoms with Crippen LogP contribution in [-0.4, -0.2) is 21.4 Å². The highest BCUT2D eigenvalue weighted by atomic mass is 35.5. The van der Waals surface area contributed by atoms with E-state index in [9.17, 15) is 13.2 Å². The second-order valence-electron chi connectivity index (χ2n) is 6.94. The van der Waals surface area contributed by atoms with E-state index in [1.165, 1.54) is 12.1 Å². The Kier molecular flexibility index (Phi) is 5.51. The van der Waals surface area contributed by atoms with Gasteiger partial charge in [-0.1, -0.05) is 41.4 Å². The summed E-state index contributed by atoms with van der Waals surface area (Å²) in [5.41, 5.74) is 2.82. The van der Waals surface area contributed by atoms with Crippen LogP contribution in [0.1, 0.15) is 22.4 Å². The van der Waals surface area contributed by atoms with E-state index in [2.05, 4.69) is 14.9 Å². The molecular formula is C21H16Cl2F3N3. The molecule has 0 aliphatic carbocycles. The third kappa shape index (κ3) is 4.55. The van der Waals surface area contributed by atoms with Crippen LogP contribution in [0.5, 0.6) is 0 Å². The summed E-state index contributed by atoms with van der Waals surface area (Å²) in [5, 5.41) is 1.24. The van der Waals surface area contributed by atoms with Gasteiger partial charge in [-0.3, -0.25) is 4.90 Å². The molecule has 0 unspecified atom stereocenters. The topological polar surface area (TPSA) is 29.0 Å². The van der Waals surface area contributed by atoms with Crippen LogP contribution in [0, 0.1) is 0 Å². The summed E-state index contributed by atoms with van der Waals surface area (Å²) in [6, 6.07) is 10.4. The summed E-state index contributed by atoms with van der Waals surface area (Å²) in [7, 11) is 0. The van der Waals surface area contributed by atoms with Crippen LogP contribution in [-0.2, 0) is 25.7 Å². The first-order valence-electron chi connectivity index (χ1n) is 8.98. The molecule has 1 aromatic heterocycles. The number of hydrogen-bond donors (Lipinski definition) is 0. The van der Waals surface area contributed by atoms with E-state index < -0.39 is 11.7 Å². The molecule has 2 heterocycles. The van der Waals surface area contributed by atoms with Gasteiger partial charge in [-0.25, -0.2) is 9.97 Å². The number of hydrogen-bond acceptors (Lipinski definition) is 3. The molecule has 4 rings (SSSR count). The van der Waals surface area contributed by atoms with E-state index in [1.54, 1.807) is 12.3 Å². The van der Waals surface area contributed by atoms with Crippen molar-refractivity contribution in [1.82, 2.24) is 14.9 Å². The van der Waals surface area contributed by atoms with E-state index >= 15 is 0 Å². The monoisotopic (exact) mass is 437 g/mol. The fourth-order valence-electron chi connectivity index (χ4n) is 3.35. The zero-order valence-corrected chi connectivity index (χ0v) is 16.7. The van der Waals surface area contributed by atoms with Gasteiger partial charge in [0.15, 0.2) is 5.82 Å².